The van der Waals surface area contributed by atoms with E-state index in [0.717, 1.165) is 37.7 Å². The molecule has 20 heavy (non-hydrogen) atoms. The third-order valence-electron chi connectivity index (χ3n) is 4.62. The number of alkyl halides is 3. The molecule has 1 fully saturated rings. The number of allylic oxidation sites excluding steroid dienone is 2. The standard InChI is InChI=1S/C16H23F3O/c17-16(18,19)14-10-6-9-13(11-14)15(20)12-7-4-2-1-3-5-8-12/h7,13-14H,1-6,8-11H2. The zero-order valence-corrected chi connectivity index (χ0v) is 11.8. The molecule has 0 N–H and O–H groups in total. The molecule has 0 bridgehead atoms. The molecule has 0 heterocycles. The van der Waals surface area contributed by atoms with Crippen molar-refractivity contribution in [1.29, 1.82) is 0 Å². The third-order valence-corrected chi connectivity index (χ3v) is 4.62. The second kappa shape index (κ2) is 6.77. The highest BCUT2D eigenvalue weighted by atomic mass is 19.4. The molecule has 0 saturated heterocycles. The molecule has 0 radical (unpaired) electrons. The SMILES string of the molecule is O=C(C1=CCCCCCC1)C1CCCC(C(F)(F)F)C1. The molecule has 2 rings (SSSR count). The topological polar surface area (TPSA) is 17.1 Å². The first kappa shape index (κ1) is 15.6. The van der Waals surface area contributed by atoms with Gasteiger partial charge in [0.1, 0.15) is 0 Å². The van der Waals surface area contributed by atoms with Gasteiger partial charge in [0.15, 0.2) is 5.78 Å². The number of hydrogen-bond donors (Lipinski definition) is 0. The van der Waals surface area contributed by atoms with Gasteiger partial charge in [-0.3, -0.25) is 4.79 Å². The Bertz CT molecular complexity index is 370. The molecule has 0 aromatic heterocycles. The predicted molar refractivity (Wildman–Crippen MR) is 72.3 cm³/mol. The molecule has 0 aromatic rings. The minimum Gasteiger partial charge on any atom is -0.294 e. The second-order valence-corrected chi connectivity index (χ2v) is 6.15. The van der Waals surface area contributed by atoms with Gasteiger partial charge in [-0.2, -0.15) is 13.2 Å². The van der Waals surface area contributed by atoms with Crippen molar-refractivity contribution in [3.63, 3.8) is 0 Å². The first-order chi connectivity index (χ1) is 9.48. The van der Waals surface area contributed by atoms with E-state index in [9.17, 15) is 18.0 Å². The lowest BCUT2D eigenvalue weighted by Crippen LogP contribution is -2.32. The fraction of sp³-hybridized carbons (Fsp3) is 0.812. The van der Waals surface area contributed by atoms with E-state index < -0.39 is 18.0 Å². The lowest BCUT2D eigenvalue weighted by molar-refractivity contribution is -0.185. The molecular formula is C16H23F3O. The van der Waals surface area contributed by atoms with Crippen LogP contribution in [0.15, 0.2) is 11.6 Å². The molecule has 0 amide bonds. The maximum Gasteiger partial charge on any atom is 0.391 e. The van der Waals surface area contributed by atoms with Gasteiger partial charge in [0.2, 0.25) is 0 Å². The van der Waals surface area contributed by atoms with Crippen molar-refractivity contribution in [3.05, 3.63) is 11.6 Å². The fourth-order valence-corrected chi connectivity index (χ4v) is 3.40. The molecule has 0 spiro atoms. The summed E-state index contributed by atoms with van der Waals surface area (Å²) in [6.45, 7) is 0. The largest absolute Gasteiger partial charge is 0.391 e. The molecule has 0 aromatic carbocycles. The highest BCUT2D eigenvalue weighted by Crippen LogP contribution is 2.41. The van der Waals surface area contributed by atoms with E-state index in [1.165, 1.54) is 6.42 Å². The van der Waals surface area contributed by atoms with Crippen LogP contribution in [0.3, 0.4) is 0 Å². The normalized spacial score (nSPS) is 29.2. The number of hydrogen-bond acceptors (Lipinski definition) is 1. The average Bonchev–Trinajstić information content (AvgIpc) is 2.37. The predicted octanol–water partition coefficient (Wildman–Crippen LogP) is 5.20. The summed E-state index contributed by atoms with van der Waals surface area (Å²) in [6.07, 6.45) is 5.23. The van der Waals surface area contributed by atoms with Gasteiger partial charge >= 0.3 is 6.18 Å². The smallest absolute Gasteiger partial charge is 0.294 e. The molecule has 1 nitrogen and oxygen atoms in total. The minimum absolute atomic E-state index is 0.000324. The van der Waals surface area contributed by atoms with Crippen LogP contribution >= 0.6 is 0 Å². The monoisotopic (exact) mass is 288 g/mol. The van der Waals surface area contributed by atoms with Crippen molar-refractivity contribution >= 4 is 5.78 Å². The Morgan fingerprint density at radius 2 is 1.80 bits per heavy atom. The molecule has 0 aliphatic heterocycles. The van der Waals surface area contributed by atoms with Crippen molar-refractivity contribution in [3.8, 4) is 0 Å². The highest BCUT2D eigenvalue weighted by molar-refractivity contribution is 5.97. The number of ketones is 1. The summed E-state index contributed by atoms with van der Waals surface area (Å²) < 4.78 is 38.4. The summed E-state index contributed by atoms with van der Waals surface area (Å²) in [5.74, 6) is -1.68. The van der Waals surface area contributed by atoms with Crippen LogP contribution in [0.4, 0.5) is 13.2 Å². The second-order valence-electron chi connectivity index (χ2n) is 6.15. The molecule has 4 heteroatoms. The van der Waals surface area contributed by atoms with E-state index in [-0.39, 0.29) is 18.6 Å². The van der Waals surface area contributed by atoms with Gasteiger partial charge in [-0.05, 0) is 50.5 Å². The van der Waals surface area contributed by atoms with Crippen molar-refractivity contribution in [2.24, 2.45) is 11.8 Å². The average molecular weight is 288 g/mol. The van der Waals surface area contributed by atoms with E-state index in [1.54, 1.807) is 0 Å². The highest BCUT2D eigenvalue weighted by Gasteiger charge is 2.43. The number of Topliss-reactive ketones (excluding diaryl/α,β-unsaturated/α-hetero) is 1. The van der Waals surface area contributed by atoms with Gasteiger partial charge in [0.05, 0.1) is 5.92 Å². The zero-order chi connectivity index (χ0) is 14.6. The van der Waals surface area contributed by atoms with E-state index in [4.69, 9.17) is 0 Å². The van der Waals surface area contributed by atoms with Crippen molar-refractivity contribution < 1.29 is 18.0 Å². The lowest BCUT2D eigenvalue weighted by Gasteiger charge is -2.30. The Labute approximate surface area is 118 Å². The van der Waals surface area contributed by atoms with Crippen LogP contribution in [0.2, 0.25) is 0 Å². The van der Waals surface area contributed by atoms with Crippen LogP contribution in [-0.4, -0.2) is 12.0 Å². The molecule has 2 aliphatic carbocycles. The molecule has 2 unspecified atom stereocenters. The quantitative estimate of drug-likeness (QED) is 0.682. The molecule has 2 atom stereocenters. The van der Waals surface area contributed by atoms with Crippen LogP contribution in [-0.2, 0) is 4.79 Å². The maximum absolute atomic E-state index is 12.8. The van der Waals surface area contributed by atoms with Crippen molar-refractivity contribution in [2.75, 3.05) is 0 Å². The summed E-state index contributed by atoms with van der Waals surface area (Å²) in [7, 11) is 0. The van der Waals surface area contributed by atoms with Gasteiger partial charge in [-0.1, -0.05) is 25.3 Å². The Hall–Kier alpha value is -0.800. The van der Waals surface area contributed by atoms with Crippen LogP contribution in [0.25, 0.3) is 0 Å². The van der Waals surface area contributed by atoms with Crippen LogP contribution in [0.5, 0.6) is 0 Å². The van der Waals surface area contributed by atoms with Gasteiger partial charge in [-0.15, -0.1) is 0 Å². The van der Waals surface area contributed by atoms with Gasteiger partial charge in [-0.25, -0.2) is 0 Å². The first-order valence-electron chi connectivity index (χ1n) is 7.78. The summed E-state index contributed by atoms with van der Waals surface area (Å²) in [5.41, 5.74) is 0.803. The lowest BCUT2D eigenvalue weighted by atomic mass is 9.76. The van der Waals surface area contributed by atoms with Crippen LogP contribution in [0.1, 0.15) is 64.2 Å². The molecular weight excluding hydrogens is 265 g/mol. The van der Waals surface area contributed by atoms with Gasteiger partial charge in [0, 0.05) is 5.92 Å². The van der Waals surface area contributed by atoms with E-state index in [0.29, 0.717) is 12.8 Å². The Morgan fingerprint density at radius 3 is 2.55 bits per heavy atom. The third kappa shape index (κ3) is 4.10. The van der Waals surface area contributed by atoms with E-state index in [2.05, 4.69) is 0 Å². The summed E-state index contributed by atoms with van der Waals surface area (Å²) in [4.78, 5) is 12.5. The summed E-state index contributed by atoms with van der Waals surface area (Å²) in [6, 6.07) is 0. The number of rotatable bonds is 2. The fourth-order valence-electron chi connectivity index (χ4n) is 3.40. The van der Waals surface area contributed by atoms with Gasteiger partial charge < -0.3 is 0 Å². The summed E-state index contributed by atoms with van der Waals surface area (Å²) >= 11 is 0. The maximum atomic E-state index is 12.8. The molecule has 2 aliphatic rings. The number of carbonyl (C=O) groups excluding carboxylic acids is 1. The zero-order valence-electron chi connectivity index (χ0n) is 11.8. The van der Waals surface area contributed by atoms with Gasteiger partial charge in [0.25, 0.3) is 0 Å². The van der Waals surface area contributed by atoms with Crippen LogP contribution < -0.4 is 0 Å². The Morgan fingerprint density at radius 1 is 1.05 bits per heavy atom. The molecule has 114 valence electrons. The summed E-state index contributed by atoms with van der Waals surface area (Å²) in [5, 5.41) is 0. The van der Waals surface area contributed by atoms with E-state index in [1.807, 2.05) is 6.08 Å². The van der Waals surface area contributed by atoms with E-state index >= 15 is 0 Å². The first-order valence-corrected chi connectivity index (χ1v) is 7.78. The number of carbonyl (C=O) groups is 1. The van der Waals surface area contributed by atoms with Crippen LogP contribution in [0, 0.1) is 11.8 Å². The molecule has 1 saturated carbocycles. The number of halogens is 3. The van der Waals surface area contributed by atoms with Crippen molar-refractivity contribution in [1.82, 2.24) is 0 Å². The Balaban J connectivity index is 2.00. The van der Waals surface area contributed by atoms with Crippen molar-refractivity contribution in [2.45, 2.75) is 70.4 Å². The Kier molecular flexibility index (Phi) is 5.28. The minimum atomic E-state index is -4.14.